The predicted molar refractivity (Wildman–Crippen MR) is 83.4 cm³/mol. The van der Waals surface area contributed by atoms with Crippen LogP contribution in [0.25, 0.3) is 0 Å². The van der Waals surface area contributed by atoms with Crippen molar-refractivity contribution in [2.45, 2.75) is 25.4 Å². The zero-order valence-corrected chi connectivity index (χ0v) is 14.1. The van der Waals surface area contributed by atoms with Crippen LogP contribution in [0.3, 0.4) is 0 Å². The van der Waals surface area contributed by atoms with Crippen LogP contribution in [0.15, 0.2) is 15.5 Å². The number of aromatic nitrogens is 2. The molecule has 9 heteroatoms. The van der Waals surface area contributed by atoms with Gasteiger partial charge in [0.05, 0.1) is 36.5 Å². The monoisotopic (exact) mass is 379 g/mol. The predicted octanol–water partition coefficient (Wildman–Crippen LogP) is 0.641. The number of methoxy groups -OCH3 is 1. The van der Waals surface area contributed by atoms with Crippen molar-refractivity contribution in [1.82, 2.24) is 9.78 Å². The Labute approximate surface area is 131 Å². The van der Waals surface area contributed by atoms with Gasteiger partial charge in [0.15, 0.2) is 0 Å². The zero-order chi connectivity index (χ0) is 15.5. The smallest absolute Gasteiger partial charge is 0.283 e. The average Bonchev–Trinajstić information content (AvgIpc) is 2.45. The van der Waals surface area contributed by atoms with E-state index in [-0.39, 0.29) is 23.1 Å². The van der Waals surface area contributed by atoms with Crippen LogP contribution < -0.4 is 10.9 Å². The highest BCUT2D eigenvalue weighted by atomic mass is 79.9. The van der Waals surface area contributed by atoms with Gasteiger partial charge in [-0.2, -0.15) is 5.10 Å². The average molecular weight is 380 g/mol. The van der Waals surface area contributed by atoms with Gasteiger partial charge >= 0.3 is 0 Å². The first-order valence-electron chi connectivity index (χ1n) is 6.64. The molecule has 0 aromatic carbocycles. The molecular formula is C12H18BrN3O4S. The molecule has 21 heavy (non-hydrogen) atoms. The number of nitrogens with zero attached hydrogens (tertiary/aromatic N) is 2. The Morgan fingerprint density at radius 2 is 2.14 bits per heavy atom. The summed E-state index contributed by atoms with van der Waals surface area (Å²) in [5, 5.41) is 7.28. The van der Waals surface area contributed by atoms with Crippen LogP contribution in [0, 0.1) is 0 Å². The maximum absolute atomic E-state index is 12.1. The first-order valence-corrected chi connectivity index (χ1v) is 9.26. The molecule has 0 bridgehead atoms. The topological polar surface area (TPSA) is 90.3 Å². The Balaban J connectivity index is 2.08. The highest BCUT2D eigenvalue weighted by molar-refractivity contribution is 9.10. The molecule has 0 aliphatic carbocycles. The fourth-order valence-corrected chi connectivity index (χ4v) is 4.07. The van der Waals surface area contributed by atoms with E-state index in [1.807, 2.05) is 0 Å². The molecule has 7 nitrogen and oxygen atoms in total. The summed E-state index contributed by atoms with van der Waals surface area (Å²) >= 11 is 3.28. The van der Waals surface area contributed by atoms with Crippen molar-refractivity contribution in [3.8, 4) is 0 Å². The van der Waals surface area contributed by atoms with E-state index in [1.54, 1.807) is 13.3 Å². The summed E-state index contributed by atoms with van der Waals surface area (Å²) in [6.45, 7) is 0.794. The minimum Gasteiger partial charge on any atom is -0.383 e. The fourth-order valence-electron chi connectivity index (χ4n) is 2.16. The molecular weight excluding hydrogens is 362 g/mol. The largest absolute Gasteiger partial charge is 0.383 e. The Bertz CT molecular complexity index is 645. The number of sulfone groups is 1. The molecule has 1 saturated heterocycles. The lowest BCUT2D eigenvalue weighted by Crippen LogP contribution is -2.33. The summed E-state index contributed by atoms with van der Waals surface area (Å²) in [6.07, 6.45) is 2.66. The maximum atomic E-state index is 12.1. The second-order valence-corrected chi connectivity index (χ2v) is 8.06. The molecule has 0 unspecified atom stereocenters. The van der Waals surface area contributed by atoms with Gasteiger partial charge < -0.3 is 10.1 Å². The van der Waals surface area contributed by atoms with Crippen LogP contribution in [0.1, 0.15) is 12.8 Å². The van der Waals surface area contributed by atoms with Gasteiger partial charge in [0.1, 0.15) is 14.3 Å². The van der Waals surface area contributed by atoms with Crippen LogP contribution in [-0.2, 0) is 21.1 Å². The van der Waals surface area contributed by atoms with E-state index < -0.39 is 9.84 Å². The van der Waals surface area contributed by atoms with Crippen LogP contribution in [-0.4, -0.2) is 49.5 Å². The van der Waals surface area contributed by atoms with Crippen molar-refractivity contribution in [2.24, 2.45) is 0 Å². The van der Waals surface area contributed by atoms with Gasteiger partial charge in [-0.1, -0.05) is 0 Å². The summed E-state index contributed by atoms with van der Waals surface area (Å²) in [6, 6.07) is 0.0425. The summed E-state index contributed by atoms with van der Waals surface area (Å²) in [5.74, 6) is 0.362. The van der Waals surface area contributed by atoms with Crippen molar-refractivity contribution in [2.75, 3.05) is 30.5 Å². The number of rotatable bonds is 5. The molecule has 1 fully saturated rings. The number of hydrogen-bond acceptors (Lipinski definition) is 6. The standard InChI is InChI=1S/C12H18BrN3O4S/c1-20-5-4-16-12(17)11(13)10(8-14-16)15-9-2-6-21(18,19)7-3-9/h8-9,15H,2-7H2,1H3. The summed E-state index contributed by atoms with van der Waals surface area (Å²) < 4.78 is 29.5. The highest BCUT2D eigenvalue weighted by Crippen LogP contribution is 2.21. The minimum atomic E-state index is -2.89. The van der Waals surface area contributed by atoms with E-state index in [0.29, 0.717) is 36.2 Å². The van der Waals surface area contributed by atoms with Crippen molar-refractivity contribution in [3.63, 3.8) is 0 Å². The lowest BCUT2D eigenvalue weighted by atomic mass is 10.1. The lowest BCUT2D eigenvalue weighted by molar-refractivity contribution is 0.181. The van der Waals surface area contributed by atoms with E-state index in [9.17, 15) is 13.2 Å². The van der Waals surface area contributed by atoms with E-state index in [1.165, 1.54) is 4.68 Å². The van der Waals surface area contributed by atoms with Crippen LogP contribution >= 0.6 is 15.9 Å². The molecule has 0 atom stereocenters. The molecule has 1 aliphatic heterocycles. The van der Waals surface area contributed by atoms with Crippen molar-refractivity contribution in [1.29, 1.82) is 0 Å². The first kappa shape index (κ1) is 16.4. The minimum absolute atomic E-state index is 0.0425. The SMILES string of the molecule is COCCn1ncc(NC2CCS(=O)(=O)CC2)c(Br)c1=O. The fraction of sp³-hybridized carbons (Fsp3) is 0.667. The Morgan fingerprint density at radius 1 is 1.48 bits per heavy atom. The highest BCUT2D eigenvalue weighted by Gasteiger charge is 2.24. The van der Waals surface area contributed by atoms with Gasteiger partial charge in [-0.3, -0.25) is 4.79 Å². The van der Waals surface area contributed by atoms with Crippen molar-refractivity contribution in [3.05, 3.63) is 21.0 Å². The summed E-state index contributed by atoms with van der Waals surface area (Å²) in [4.78, 5) is 12.1. The summed E-state index contributed by atoms with van der Waals surface area (Å²) in [5.41, 5.74) is 0.360. The van der Waals surface area contributed by atoms with Crippen LogP contribution in [0.2, 0.25) is 0 Å². The lowest BCUT2D eigenvalue weighted by Gasteiger charge is -2.24. The number of anilines is 1. The van der Waals surface area contributed by atoms with Crippen LogP contribution in [0.5, 0.6) is 0 Å². The second-order valence-electron chi connectivity index (χ2n) is 4.96. The molecule has 1 N–H and O–H groups in total. The van der Waals surface area contributed by atoms with Gasteiger partial charge in [0.25, 0.3) is 5.56 Å². The molecule has 0 amide bonds. The molecule has 0 saturated carbocycles. The third kappa shape index (κ3) is 4.27. The van der Waals surface area contributed by atoms with Gasteiger partial charge in [0, 0.05) is 13.2 Å². The number of ether oxygens (including phenoxy) is 1. The Hall–Kier alpha value is -0.930. The normalized spacial score (nSPS) is 18.6. The number of nitrogens with one attached hydrogen (secondary N) is 1. The third-order valence-corrected chi connectivity index (χ3v) is 5.89. The molecule has 2 heterocycles. The van der Waals surface area contributed by atoms with Gasteiger partial charge in [0.2, 0.25) is 0 Å². The first-order chi connectivity index (χ1) is 9.93. The number of hydrogen-bond donors (Lipinski definition) is 1. The number of halogens is 1. The third-order valence-electron chi connectivity index (χ3n) is 3.41. The zero-order valence-electron chi connectivity index (χ0n) is 11.7. The maximum Gasteiger partial charge on any atom is 0.283 e. The molecule has 0 spiro atoms. The van der Waals surface area contributed by atoms with Gasteiger partial charge in [-0.15, -0.1) is 0 Å². The van der Waals surface area contributed by atoms with Crippen molar-refractivity contribution < 1.29 is 13.2 Å². The second kappa shape index (κ2) is 6.89. The Morgan fingerprint density at radius 3 is 2.76 bits per heavy atom. The van der Waals surface area contributed by atoms with E-state index in [4.69, 9.17) is 4.74 Å². The van der Waals surface area contributed by atoms with E-state index in [2.05, 4.69) is 26.3 Å². The molecule has 0 radical (unpaired) electrons. The molecule has 1 aromatic rings. The molecule has 118 valence electrons. The molecule has 1 aliphatic rings. The van der Waals surface area contributed by atoms with Crippen molar-refractivity contribution >= 4 is 31.5 Å². The van der Waals surface area contributed by atoms with E-state index >= 15 is 0 Å². The molecule has 1 aromatic heterocycles. The quantitative estimate of drug-likeness (QED) is 0.807. The van der Waals surface area contributed by atoms with Crippen LogP contribution in [0.4, 0.5) is 5.69 Å². The molecule has 2 rings (SSSR count). The van der Waals surface area contributed by atoms with E-state index in [0.717, 1.165) is 0 Å². The Kier molecular flexibility index (Phi) is 5.39. The van der Waals surface area contributed by atoms with Gasteiger partial charge in [-0.25, -0.2) is 13.1 Å². The van der Waals surface area contributed by atoms with Gasteiger partial charge in [-0.05, 0) is 28.8 Å². The summed E-state index contributed by atoms with van der Waals surface area (Å²) in [7, 11) is -1.33.